The van der Waals surface area contributed by atoms with Gasteiger partial charge >= 0.3 is 6.03 Å². The van der Waals surface area contributed by atoms with Gasteiger partial charge in [-0.25, -0.2) is 9.78 Å². The van der Waals surface area contributed by atoms with Crippen LogP contribution in [0.2, 0.25) is 0 Å². The fourth-order valence-electron chi connectivity index (χ4n) is 1.52. The predicted octanol–water partition coefficient (Wildman–Crippen LogP) is 1.46. The number of aromatic nitrogens is 2. The van der Waals surface area contributed by atoms with E-state index < -0.39 is 5.54 Å². The van der Waals surface area contributed by atoms with E-state index in [4.69, 9.17) is 5.11 Å². The summed E-state index contributed by atoms with van der Waals surface area (Å²) in [6, 6.07) is 5.04. The lowest BCUT2D eigenvalue weighted by molar-refractivity contribution is 0.187. The van der Waals surface area contributed by atoms with Crippen molar-refractivity contribution in [3.8, 4) is 0 Å². The van der Waals surface area contributed by atoms with Gasteiger partial charge in [-0.05, 0) is 32.0 Å². The summed E-state index contributed by atoms with van der Waals surface area (Å²) in [5, 5.41) is 14.4. The van der Waals surface area contributed by atoms with Crippen molar-refractivity contribution in [2.24, 2.45) is 0 Å². The topological polar surface area (TPSA) is 90.0 Å². The number of anilines is 1. The van der Waals surface area contributed by atoms with Crippen molar-refractivity contribution >= 4 is 22.8 Å². The van der Waals surface area contributed by atoms with Crippen LogP contribution in [0.4, 0.5) is 10.5 Å². The Morgan fingerprint density at radius 2 is 2.28 bits per heavy atom. The number of aliphatic hydroxyl groups is 1. The standard InChI is InChI=1S/C12H16N4O2/c1-12(2,6-17)16-11(18)15-8-3-4-9-10(5-8)14-7-13-9/h3-5,7,17H,6H2,1-2H3,(H,13,14)(H2,15,16,18). The van der Waals surface area contributed by atoms with Crippen molar-refractivity contribution in [2.45, 2.75) is 19.4 Å². The maximum Gasteiger partial charge on any atom is 0.319 e. The van der Waals surface area contributed by atoms with Gasteiger partial charge in [0.25, 0.3) is 0 Å². The van der Waals surface area contributed by atoms with Gasteiger partial charge in [0.15, 0.2) is 0 Å². The van der Waals surface area contributed by atoms with Crippen LogP contribution in [0.15, 0.2) is 24.5 Å². The zero-order valence-corrected chi connectivity index (χ0v) is 10.3. The Balaban J connectivity index is 2.06. The summed E-state index contributed by atoms with van der Waals surface area (Å²) in [5.74, 6) is 0. The monoisotopic (exact) mass is 248 g/mol. The number of carbonyl (C=O) groups is 1. The van der Waals surface area contributed by atoms with Crippen LogP contribution in [0, 0.1) is 0 Å². The molecule has 0 radical (unpaired) electrons. The lowest BCUT2D eigenvalue weighted by atomic mass is 10.1. The van der Waals surface area contributed by atoms with Gasteiger partial charge in [0.05, 0.1) is 29.5 Å². The largest absolute Gasteiger partial charge is 0.394 e. The lowest BCUT2D eigenvalue weighted by Crippen LogP contribution is -2.48. The summed E-state index contributed by atoms with van der Waals surface area (Å²) in [6.07, 6.45) is 1.60. The van der Waals surface area contributed by atoms with E-state index in [9.17, 15) is 4.79 Å². The van der Waals surface area contributed by atoms with E-state index in [2.05, 4.69) is 20.6 Å². The Morgan fingerprint density at radius 3 is 3.00 bits per heavy atom. The number of H-pyrrole nitrogens is 1. The molecule has 1 heterocycles. The second-order valence-corrected chi connectivity index (χ2v) is 4.76. The van der Waals surface area contributed by atoms with Crippen molar-refractivity contribution in [3.63, 3.8) is 0 Å². The molecule has 0 unspecified atom stereocenters. The number of aliphatic hydroxyl groups excluding tert-OH is 1. The molecule has 4 N–H and O–H groups in total. The Bertz CT molecular complexity index is 562. The van der Waals surface area contributed by atoms with Crippen LogP contribution in [-0.4, -0.2) is 33.3 Å². The first kappa shape index (κ1) is 12.4. The van der Waals surface area contributed by atoms with Crippen LogP contribution in [-0.2, 0) is 0 Å². The van der Waals surface area contributed by atoms with Gasteiger partial charge in [-0.2, -0.15) is 0 Å². The average molecular weight is 248 g/mol. The normalized spacial score (nSPS) is 11.5. The zero-order chi connectivity index (χ0) is 13.2. The van der Waals surface area contributed by atoms with Gasteiger partial charge in [-0.3, -0.25) is 0 Å². The molecule has 18 heavy (non-hydrogen) atoms. The van der Waals surface area contributed by atoms with Gasteiger partial charge in [-0.15, -0.1) is 0 Å². The van der Waals surface area contributed by atoms with E-state index >= 15 is 0 Å². The molecule has 0 saturated heterocycles. The molecule has 0 fully saturated rings. The number of urea groups is 1. The minimum absolute atomic E-state index is 0.125. The molecule has 0 aliphatic carbocycles. The van der Waals surface area contributed by atoms with E-state index in [0.717, 1.165) is 11.0 Å². The van der Waals surface area contributed by atoms with Crippen molar-refractivity contribution < 1.29 is 9.90 Å². The number of imidazole rings is 1. The fourth-order valence-corrected chi connectivity index (χ4v) is 1.52. The highest BCUT2D eigenvalue weighted by Gasteiger charge is 2.18. The van der Waals surface area contributed by atoms with Crippen LogP contribution in [0.5, 0.6) is 0 Å². The fraction of sp³-hybridized carbons (Fsp3) is 0.333. The number of nitrogens with zero attached hydrogens (tertiary/aromatic N) is 1. The Kier molecular flexibility index (Phi) is 3.20. The molecular formula is C12H16N4O2. The van der Waals surface area contributed by atoms with Gasteiger partial charge in [0, 0.05) is 5.69 Å². The van der Waals surface area contributed by atoms with Crippen molar-refractivity contribution in [1.29, 1.82) is 0 Å². The summed E-state index contributed by atoms with van der Waals surface area (Å²) < 4.78 is 0. The molecule has 0 bridgehead atoms. The van der Waals surface area contributed by atoms with Crippen LogP contribution >= 0.6 is 0 Å². The first-order valence-electron chi connectivity index (χ1n) is 5.63. The van der Waals surface area contributed by atoms with Crippen LogP contribution in [0.25, 0.3) is 11.0 Å². The Hall–Kier alpha value is -2.08. The van der Waals surface area contributed by atoms with E-state index in [1.807, 2.05) is 6.07 Å². The Morgan fingerprint density at radius 1 is 1.50 bits per heavy atom. The zero-order valence-electron chi connectivity index (χ0n) is 10.3. The van der Waals surface area contributed by atoms with E-state index in [-0.39, 0.29) is 12.6 Å². The molecule has 2 amide bonds. The van der Waals surface area contributed by atoms with Crippen LogP contribution < -0.4 is 10.6 Å². The quantitative estimate of drug-likeness (QED) is 0.662. The molecule has 2 aromatic rings. The molecule has 6 heteroatoms. The number of nitrogens with one attached hydrogen (secondary N) is 3. The molecule has 96 valence electrons. The number of benzene rings is 1. The molecule has 0 saturated carbocycles. The summed E-state index contributed by atoms with van der Waals surface area (Å²) >= 11 is 0. The number of amides is 2. The van der Waals surface area contributed by atoms with Gasteiger partial charge in [0.2, 0.25) is 0 Å². The van der Waals surface area contributed by atoms with E-state index in [0.29, 0.717) is 5.69 Å². The molecule has 6 nitrogen and oxygen atoms in total. The molecule has 1 aromatic carbocycles. The summed E-state index contributed by atoms with van der Waals surface area (Å²) in [5.41, 5.74) is 1.71. The smallest absolute Gasteiger partial charge is 0.319 e. The maximum absolute atomic E-state index is 11.7. The third-order valence-corrected chi connectivity index (χ3v) is 2.53. The summed E-state index contributed by atoms with van der Waals surface area (Å²) in [7, 11) is 0. The molecule has 1 aromatic heterocycles. The molecule has 0 atom stereocenters. The third-order valence-electron chi connectivity index (χ3n) is 2.53. The highest BCUT2D eigenvalue weighted by Crippen LogP contribution is 2.15. The second-order valence-electron chi connectivity index (χ2n) is 4.76. The van der Waals surface area contributed by atoms with E-state index in [1.165, 1.54) is 0 Å². The first-order valence-corrected chi connectivity index (χ1v) is 5.63. The number of hydrogen-bond acceptors (Lipinski definition) is 3. The van der Waals surface area contributed by atoms with Gasteiger partial charge in [0.1, 0.15) is 0 Å². The highest BCUT2D eigenvalue weighted by molar-refractivity contribution is 5.92. The predicted molar refractivity (Wildman–Crippen MR) is 69.4 cm³/mol. The highest BCUT2D eigenvalue weighted by atomic mass is 16.3. The molecule has 0 aliphatic heterocycles. The number of fused-ring (bicyclic) bond motifs is 1. The van der Waals surface area contributed by atoms with Crippen molar-refractivity contribution in [2.75, 3.05) is 11.9 Å². The third kappa shape index (κ3) is 2.78. The molecule has 0 spiro atoms. The summed E-state index contributed by atoms with van der Waals surface area (Å²) in [4.78, 5) is 18.8. The van der Waals surface area contributed by atoms with Crippen molar-refractivity contribution in [3.05, 3.63) is 24.5 Å². The Labute approximate surface area is 104 Å². The number of aromatic amines is 1. The molecule has 2 rings (SSSR count). The van der Waals surface area contributed by atoms with Crippen LogP contribution in [0.3, 0.4) is 0 Å². The molecular weight excluding hydrogens is 232 g/mol. The lowest BCUT2D eigenvalue weighted by Gasteiger charge is -2.23. The first-order chi connectivity index (χ1) is 8.50. The van der Waals surface area contributed by atoms with Crippen LogP contribution in [0.1, 0.15) is 13.8 Å². The molecule has 0 aliphatic rings. The van der Waals surface area contributed by atoms with Crippen molar-refractivity contribution in [1.82, 2.24) is 15.3 Å². The summed E-state index contributed by atoms with van der Waals surface area (Å²) in [6.45, 7) is 3.36. The minimum atomic E-state index is -0.651. The van der Waals surface area contributed by atoms with E-state index in [1.54, 1.807) is 32.3 Å². The van der Waals surface area contributed by atoms with Gasteiger partial charge in [-0.1, -0.05) is 0 Å². The second kappa shape index (κ2) is 4.66. The maximum atomic E-state index is 11.7. The number of hydrogen-bond donors (Lipinski definition) is 4. The SMILES string of the molecule is CC(C)(CO)NC(=O)Nc1ccc2nc[nH]c2c1. The minimum Gasteiger partial charge on any atom is -0.394 e. The van der Waals surface area contributed by atoms with Gasteiger partial charge < -0.3 is 20.7 Å². The number of rotatable bonds is 3. The number of carbonyl (C=O) groups excluding carboxylic acids is 1. The average Bonchev–Trinajstić information content (AvgIpc) is 2.75.